The van der Waals surface area contributed by atoms with Crippen LogP contribution in [0.4, 0.5) is 18.9 Å². The summed E-state index contributed by atoms with van der Waals surface area (Å²) in [6, 6.07) is 7.18. The molecule has 1 aromatic carbocycles. The van der Waals surface area contributed by atoms with E-state index < -0.39 is 27.7 Å². The summed E-state index contributed by atoms with van der Waals surface area (Å²) in [5.74, 6) is -0.924. The number of nitrogens with zero attached hydrogens (tertiary/aromatic N) is 6. The number of amides is 2. The third-order valence-electron chi connectivity index (χ3n) is 6.04. The molecule has 202 valence electrons. The molecule has 1 fully saturated rings. The second-order valence-electron chi connectivity index (χ2n) is 8.72. The van der Waals surface area contributed by atoms with Gasteiger partial charge in [0.2, 0.25) is 10.0 Å². The fourth-order valence-electron chi connectivity index (χ4n) is 3.84. The summed E-state index contributed by atoms with van der Waals surface area (Å²) in [5, 5.41) is 10.5. The van der Waals surface area contributed by atoms with Gasteiger partial charge in [0.05, 0.1) is 24.1 Å². The summed E-state index contributed by atoms with van der Waals surface area (Å²) in [6.45, 7) is 2.84. The van der Waals surface area contributed by atoms with Gasteiger partial charge in [-0.3, -0.25) is 14.6 Å². The molecule has 1 aliphatic heterocycles. The third kappa shape index (κ3) is 6.16. The van der Waals surface area contributed by atoms with Crippen molar-refractivity contribution in [1.29, 1.82) is 0 Å². The molecule has 2 amide bonds. The molecule has 0 spiro atoms. The molecule has 1 saturated heterocycles. The number of hydrogen-bond donors (Lipinski definition) is 1. The number of sulfonamides is 1. The van der Waals surface area contributed by atoms with Gasteiger partial charge in [0.15, 0.2) is 5.69 Å². The number of anilines is 1. The molecule has 11 nitrogen and oxygen atoms in total. The first-order valence-corrected chi connectivity index (χ1v) is 13.3. The highest BCUT2D eigenvalue weighted by Crippen LogP contribution is 2.29. The summed E-state index contributed by atoms with van der Waals surface area (Å²) in [4.78, 5) is 31.0. The Hall–Kier alpha value is -3.85. The first-order valence-electron chi connectivity index (χ1n) is 11.4. The average Bonchev–Trinajstić information content (AvgIpc) is 3.23. The van der Waals surface area contributed by atoms with E-state index >= 15 is 0 Å². The van der Waals surface area contributed by atoms with Crippen molar-refractivity contribution in [3.63, 3.8) is 0 Å². The number of pyridine rings is 1. The molecule has 0 bridgehead atoms. The van der Waals surface area contributed by atoms with Gasteiger partial charge in [-0.25, -0.2) is 13.1 Å². The van der Waals surface area contributed by atoms with Gasteiger partial charge in [-0.1, -0.05) is 11.3 Å². The number of carbonyl (C=O) groups excluding carboxylic acids is 2. The van der Waals surface area contributed by atoms with Crippen LogP contribution < -0.4 is 5.32 Å². The van der Waals surface area contributed by atoms with Crippen molar-refractivity contribution in [2.75, 3.05) is 37.8 Å². The number of benzene rings is 1. The minimum absolute atomic E-state index is 0.0630. The number of halogens is 3. The van der Waals surface area contributed by atoms with Gasteiger partial charge in [-0.15, -0.1) is 5.10 Å². The smallest absolute Gasteiger partial charge is 0.335 e. The SMILES string of the molecule is Cc1c(C(=O)N2CCN(S(C)(=O)=O)CC2)nnn1Cc1ccc(C(=O)Nc2ccc(C(F)(F)F)cc2)nc1. The highest BCUT2D eigenvalue weighted by Gasteiger charge is 2.30. The third-order valence-corrected chi connectivity index (χ3v) is 7.34. The predicted molar refractivity (Wildman–Crippen MR) is 130 cm³/mol. The van der Waals surface area contributed by atoms with Gasteiger partial charge in [0, 0.05) is 38.1 Å². The number of piperazine rings is 1. The highest BCUT2D eigenvalue weighted by molar-refractivity contribution is 7.88. The Morgan fingerprint density at radius 3 is 2.24 bits per heavy atom. The van der Waals surface area contributed by atoms with Crippen molar-refractivity contribution in [1.82, 2.24) is 29.2 Å². The molecule has 3 heterocycles. The number of carbonyl (C=O) groups is 2. The lowest BCUT2D eigenvalue weighted by atomic mass is 10.2. The summed E-state index contributed by atoms with van der Waals surface area (Å²) < 4.78 is 64.3. The molecule has 38 heavy (non-hydrogen) atoms. The number of hydrogen-bond acceptors (Lipinski definition) is 7. The second kappa shape index (κ2) is 10.5. The number of nitrogens with one attached hydrogen (secondary N) is 1. The molecule has 1 aliphatic rings. The lowest BCUT2D eigenvalue weighted by Crippen LogP contribution is -2.50. The number of aromatic nitrogens is 4. The van der Waals surface area contributed by atoms with Crippen molar-refractivity contribution in [3.8, 4) is 0 Å². The Morgan fingerprint density at radius 1 is 1.03 bits per heavy atom. The fourth-order valence-corrected chi connectivity index (χ4v) is 4.67. The molecule has 2 aromatic heterocycles. The van der Waals surface area contributed by atoms with E-state index in [2.05, 4.69) is 20.6 Å². The summed E-state index contributed by atoms with van der Waals surface area (Å²) in [7, 11) is -3.31. The Balaban J connectivity index is 1.36. The largest absolute Gasteiger partial charge is 0.416 e. The standard InChI is InChI=1S/C23H24F3N7O4S/c1-15-20(22(35)31-9-11-32(12-10-31)38(2,36)37)29-30-33(15)14-16-3-8-19(27-13-16)21(34)28-18-6-4-17(5-7-18)23(24,25)26/h3-8,13H,9-12,14H2,1-2H3,(H,28,34). The quantitative estimate of drug-likeness (QED) is 0.496. The maximum Gasteiger partial charge on any atom is 0.416 e. The van der Waals surface area contributed by atoms with E-state index in [1.165, 1.54) is 26.2 Å². The van der Waals surface area contributed by atoms with Crippen LogP contribution in [0.1, 0.15) is 37.8 Å². The van der Waals surface area contributed by atoms with Crippen LogP contribution in [0.25, 0.3) is 0 Å². The van der Waals surface area contributed by atoms with Crippen molar-refractivity contribution in [2.24, 2.45) is 0 Å². The Bertz CT molecular complexity index is 1430. The molecule has 4 rings (SSSR count). The summed E-state index contributed by atoms with van der Waals surface area (Å²) in [5.41, 5.74) is 0.795. The van der Waals surface area contributed by atoms with E-state index in [9.17, 15) is 31.2 Å². The van der Waals surface area contributed by atoms with Crippen LogP contribution in [0.2, 0.25) is 0 Å². The normalized spacial score (nSPS) is 14.9. The van der Waals surface area contributed by atoms with Gasteiger partial charge in [0.25, 0.3) is 11.8 Å². The minimum atomic E-state index is -4.47. The number of rotatable bonds is 6. The maximum absolute atomic E-state index is 12.9. The van der Waals surface area contributed by atoms with Crippen LogP contribution >= 0.6 is 0 Å². The first kappa shape index (κ1) is 27.2. The number of alkyl halides is 3. The maximum atomic E-state index is 12.9. The van der Waals surface area contributed by atoms with Crippen LogP contribution in [0, 0.1) is 6.92 Å². The van der Waals surface area contributed by atoms with Crippen LogP contribution in [-0.4, -0.2) is 81.8 Å². The van der Waals surface area contributed by atoms with E-state index in [4.69, 9.17) is 0 Å². The molecular weight excluding hydrogens is 527 g/mol. The van der Waals surface area contributed by atoms with Crippen molar-refractivity contribution in [2.45, 2.75) is 19.6 Å². The fraction of sp³-hybridized carbons (Fsp3) is 0.348. The van der Waals surface area contributed by atoms with E-state index in [-0.39, 0.29) is 55.7 Å². The summed E-state index contributed by atoms with van der Waals surface area (Å²) >= 11 is 0. The molecule has 0 aliphatic carbocycles. The van der Waals surface area contributed by atoms with Gasteiger partial charge in [0.1, 0.15) is 5.69 Å². The van der Waals surface area contributed by atoms with Gasteiger partial charge < -0.3 is 10.2 Å². The topological polar surface area (TPSA) is 130 Å². The van der Waals surface area contributed by atoms with Crippen LogP contribution in [0.5, 0.6) is 0 Å². The van der Waals surface area contributed by atoms with Crippen molar-refractivity contribution < 1.29 is 31.2 Å². The molecular formula is C23H24F3N7O4S. The zero-order chi connectivity index (χ0) is 27.7. The zero-order valence-corrected chi connectivity index (χ0v) is 21.3. The van der Waals surface area contributed by atoms with Crippen LogP contribution in [0.15, 0.2) is 42.6 Å². The molecule has 0 saturated carbocycles. The monoisotopic (exact) mass is 551 g/mol. The van der Waals surface area contributed by atoms with Crippen LogP contribution in [0.3, 0.4) is 0 Å². The second-order valence-corrected chi connectivity index (χ2v) is 10.7. The summed E-state index contributed by atoms with van der Waals surface area (Å²) in [6.07, 6.45) is -1.88. The van der Waals surface area contributed by atoms with E-state index in [1.807, 2.05) is 0 Å². The average molecular weight is 552 g/mol. The Labute approximate surface area is 216 Å². The van der Waals surface area contributed by atoms with E-state index in [0.717, 1.165) is 30.5 Å². The zero-order valence-electron chi connectivity index (χ0n) is 20.4. The Morgan fingerprint density at radius 2 is 1.68 bits per heavy atom. The van der Waals surface area contributed by atoms with E-state index in [1.54, 1.807) is 13.0 Å². The van der Waals surface area contributed by atoms with Gasteiger partial charge >= 0.3 is 6.18 Å². The van der Waals surface area contributed by atoms with Crippen molar-refractivity contribution >= 4 is 27.5 Å². The first-order chi connectivity index (χ1) is 17.8. The minimum Gasteiger partial charge on any atom is -0.335 e. The molecule has 0 radical (unpaired) electrons. The molecule has 3 aromatic rings. The van der Waals surface area contributed by atoms with Gasteiger partial charge in [-0.05, 0) is 42.8 Å². The van der Waals surface area contributed by atoms with Crippen LogP contribution in [-0.2, 0) is 22.7 Å². The lowest BCUT2D eigenvalue weighted by Gasteiger charge is -2.32. The highest BCUT2D eigenvalue weighted by atomic mass is 32.2. The predicted octanol–water partition coefficient (Wildman–Crippen LogP) is 2.02. The lowest BCUT2D eigenvalue weighted by molar-refractivity contribution is -0.137. The molecule has 1 N–H and O–H groups in total. The molecule has 0 atom stereocenters. The molecule has 0 unspecified atom stereocenters. The van der Waals surface area contributed by atoms with Gasteiger partial charge in [-0.2, -0.15) is 17.5 Å². The van der Waals surface area contributed by atoms with Crippen molar-refractivity contribution in [3.05, 3.63) is 70.8 Å². The molecule has 15 heteroatoms. The Kier molecular flexibility index (Phi) is 7.51. The van der Waals surface area contributed by atoms with E-state index in [0.29, 0.717) is 11.3 Å².